The molecule has 8 nitrogen and oxygen atoms in total. The maximum atomic E-state index is 13.4. The highest BCUT2D eigenvalue weighted by atomic mass is 32.1. The molecule has 0 saturated carbocycles. The van der Waals surface area contributed by atoms with Crippen LogP contribution in [0.1, 0.15) is 65.3 Å². The largest absolute Gasteiger partial charge is 0.507 e. The zero-order chi connectivity index (χ0) is 27.4. The summed E-state index contributed by atoms with van der Waals surface area (Å²) in [5.74, 6) is -1.86. The highest BCUT2D eigenvalue weighted by Gasteiger charge is 2.48. The lowest BCUT2D eigenvalue weighted by Crippen LogP contribution is -2.29. The van der Waals surface area contributed by atoms with Crippen molar-refractivity contribution in [2.75, 3.05) is 18.1 Å². The van der Waals surface area contributed by atoms with Crippen LogP contribution in [0.15, 0.2) is 54.1 Å². The summed E-state index contributed by atoms with van der Waals surface area (Å²) in [7, 11) is 0. The van der Waals surface area contributed by atoms with E-state index in [1.54, 1.807) is 38.1 Å². The van der Waals surface area contributed by atoms with Crippen LogP contribution in [0.2, 0.25) is 0 Å². The highest BCUT2D eigenvalue weighted by Crippen LogP contribution is 2.44. The number of carbonyl (C=O) groups excluding carboxylic acids is 3. The van der Waals surface area contributed by atoms with Gasteiger partial charge in [-0.2, -0.15) is 0 Å². The van der Waals surface area contributed by atoms with Crippen LogP contribution in [-0.4, -0.2) is 41.0 Å². The number of ether oxygens (including phenoxy) is 2. The number of carbonyl (C=O) groups is 3. The summed E-state index contributed by atoms with van der Waals surface area (Å²) in [6.07, 6.45) is 1.68. The van der Waals surface area contributed by atoms with E-state index in [1.807, 2.05) is 38.1 Å². The summed E-state index contributed by atoms with van der Waals surface area (Å²) in [5.41, 5.74) is 2.45. The lowest BCUT2D eigenvalue weighted by Gasteiger charge is -2.23. The molecule has 9 heteroatoms. The Labute approximate surface area is 225 Å². The predicted molar refractivity (Wildman–Crippen MR) is 146 cm³/mol. The fourth-order valence-electron chi connectivity index (χ4n) is 4.24. The third-order valence-corrected chi connectivity index (χ3v) is 7.34. The number of Topliss-reactive ketones (excluding diaryl/α,β-unsaturated/α-hetero) is 1. The molecular weight excluding hydrogens is 504 g/mol. The van der Waals surface area contributed by atoms with E-state index in [1.165, 1.54) is 4.90 Å². The first-order valence-electron chi connectivity index (χ1n) is 12.6. The SMILES string of the molecule is CCCOc1ccc(/C(O)=C2\C(=O)C(=O)N(c3nc(C)c(C(=O)OCC)s3)C2c2ccc(CC)cc2)cc1. The summed E-state index contributed by atoms with van der Waals surface area (Å²) < 4.78 is 10.7. The Hall–Kier alpha value is -3.98. The van der Waals surface area contributed by atoms with Crippen LogP contribution < -0.4 is 9.64 Å². The number of rotatable bonds is 9. The van der Waals surface area contributed by atoms with Crippen LogP contribution in [-0.2, 0) is 20.7 Å². The first kappa shape index (κ1) is 27.1. The summed E-state index contributed by atoms with van der Waals surface area (Å²) in [6, 6.07) is 13.3. The van der Waals surface area contributed by atoms with E-state index in [2.05, 4.69) is 4.98 Å². The first-order valence-corrected chi connectivity index (χ1v) is 13.4. The summed E-state index contributed by atoms with van der Waals surface area (Å²) in [6.45, 7) is 8.15. The van der Waals surface area contributed by atoms with Gasteiger partial charge in [-0.25, -0.2) is 9.78 Å². The molecular formula is C29H30N2O6S. The van der Waals surface area contributed by atoms with Gasteiger partial charge in [0.25, 0.3) is 5.78 Å². The van der Waals surface area contributed by atoms with Crippen molar-refractivity contribution in [1.29, 1.82) is 0 Å². The number of aliphatic hydroxyl groups excluding tert-OH is 1. The molecule has 0 radical (unpaired) electrons. The Morgan fingerprint density at radius 1 is 1.05 bits per heavy atom. The molecule has 0 aliphatic carbocycles. The molecule has 38 heavy (non-hydrogen) atoms. The van der Waals surface area contributed by atoms with Gasteiger partial charge in [-0.05, 0) is 62.1 Å². The number of amides is 1. The minimum atomic E-state index is -0.933. The molecule has 1 amide bonds. The molecule has 4 rings (SSSR count). The summed E-state index contributed by atoms with van der Waals surface area (Å²) in [5, 5.41) is 11.5. The van der Waals surface area contributed by atoms with E-state index >= 15 is 0 Å². The molecule has 1 aromatic heterocycles. The van der Waals surface area contributed by atoms with Crippen molar-refractivity contribution in [3.05, 3.63) is 81.4 Å². The Balaban J connectivity index is 1.84. The molecule has 1 aliphatic heterocycles. The standard InChI is InChI=1S/C29H30N2O6S/c1-5-16-37-21-14-12-20(13-15-21)24(32)22-23(19-10-8-18(6-2)9-11-19)31(27(34)25(22)33)29-30-17(4)26(38-29)28(35)36-7-3/h8-15,23,32H,5-7,16H2,1-4H3/b24-22+. The number of nitrogens with zero attached hydrogens (tertiary/aromatic N) is 2. The van der Waals surface area contributed by atoms with Crippen molar-refractivity contribution in [1.82, 2.24) is 4.98 Å². The average molecular weight is 535 g/mol. The Bertz CT molecular complexity index is 1380. The number of aliphatic hydroxyl groups is 1. The van der Waals surface area contributed by atoms with Crippen LogP contribution in [0, 0.1) is 6.92 Å². The van der Waals surface area contributed by atoms with E-state index in [4.69, 9.17) is 9.47 Å². The van der Waals surface area contributed by atoms with Crippen molar-refractivity contribution in [3.8, 4) is 5.75 Å². The number of esters is 1. The van der Waals surface area contributed by atoms with E-state index < -0.39 is 23.7 Å². The van der Waals surface area contributed by atoms with Gasteiger partial charge < -0.3 is 14.6 Å². The molecule has 2 aromatic carbocycles. The quantitative estimate of drug-likeness (QED) is 0.165. The van der Waals surface area contributed by atoms with Gasteiger partial charge in [0, 0.05) is 5.56 Å². The van der Waals surface area contributed by atoms with Gasteiger partial charge in [0.15, 0.2) is 5.13 Å². The number of benzene rings is 2. The monoisotopic (exact) mass is 534 g/mol. The van der Waals surface area contributed by atoms with Gasteiger partial charge in [0.1, 0.15) is 16.4 Å². The van der Waals surface area contributed by atoms with Crippen molar-refractivity contribution >= 4 is 39.9 Å². The summed E-state index contributed by atoms with van der Waals surface area (Å²) >= 11 is 0.982. The minimum Gasteiger partial charge on any atom is -0.507 e. The van der Waals surface area contributed by atoms with Gasteiger partial charge in [-0.15, -0.1) is 0 Å². The Morgan fingerprint density at radius 3 is 2.34 bits per heavy atom. The highest BCUT2D eigenvalue weighted by molar-refractivity contribution is 7.17. The first-order chi connectivity index (χ1) is 18.3. The summed E-state index contributed by atoms with van der Waals surface area (Å²) in [4.78, 5) is 45.2. The number of anilines is 1. The lowest BCUT2D eigenvalue weighted by atomic mass is 9.94. The maximum absolute atomic E-state index is 13.4. The van der Waals surface area contributed by atoms with Crippen LogP contribution in [0.4, 0.5) is 5.13 Å². The van der Waals surface area contributed by atoms with Gasteiger partial charge in [0.2, 0.25) is 0 Å². The smallest absolute Gasteiger partial charge is 0.350 e. The molecule has 1 aliphatic rings. The second kappa shape index (κ2) is 11.6. The molecule has 1 atom stereocenters. The molecule has 1 unspecified atom stereocenters. The van der Waals surface area contributed by atoms with Crippen LogP contribution >= 0.6 is 11.3 Å². The predicted octanol–water partition coefficient (Wildman–Crippen LogP) is 5.61. The Kier molecular flexibility index (Phi) is 8.26. The number of aromatic nitrogens is 1. The molecule has 1 fully saturated rings. The van der Waals surface area contributed by atoms with Crippen molar-refractivity contribution < 1.29 is 29.0 Å². The number of ketones is 1. The van der Waals surface area contributed by atoms with Gasteiger partial charge >= 0.3 is 11.9 Å². The maximum Gasteiger partial charge on any atom is 0.350 e. The van der Waals surface area contributed by atoms with E-state index in [0.717, 1.165) is 29.7 Å². The van der Waals surface area contributed by atoms with E-state index in [0.29, 0.717) is 29.2 Å². The van der Waals surface area contributed by atoms with Crippen LogP contribution in [0.5, 0.6) is 5.75 Å². The van der Waals surface area contributed by atoms with Crippen LogP contribution in [0.3, 0.4) is 0 Å². The van der Waals surface area contributed by atoms with Gasteiger partial charge in [-0.1, -0.05) is 49.4 Å². The van der Waals surface area contributed by atoms with E-state index in [-0.39, 0.29) is 27.9 Å². The topological polar surface area (TPSA) is 106 Å². The molecule has 0 bridgehead atoms. The third kappa shape index (κ3) is 5.19. The zero-order valence-corrected chi connectivity index (χ0v) is 22.6. The van der Waals surface area contributed by atoms with E-state index in [9.17, 15) is 19.5 Å². The van der Waals surface area contributed by atoms with Crippen molar-refractivity contribution in [2.24, 2.45) is 0 Å². The van der Waals surface area contributed by atoms with Crippen LogP contribution in [0.25, 0.3) is 5.76 Å². The zero-order valence-electron chi connectivity index (χ0n) is 21.8. The second-order valence-corrected chi connectivity index (χ2v) is 9.75. The van der Waals surface area contributed by atoms with Crippen molar-refractivity contribution in [2.45, 2.75) is 46.6 Å². The molecule has 0 spiro atoms. The number of hydrogen-bond donors (Lipinski definition) is 1. The molecule has 198 valence electrons. The van der Waals surface area contributed by atoms with Gasteiger partial charge in [0.05, 0.1) is 30.5 Å². The average Bonchev–Trinajstić information content (AvgIpc) is 3.44. The second-order valence-electron chi connectivity index (χ2n) is 8.77. The number of thiazole rings is 1. The minimum absolute atomic E-state index is 0.0491. The molecule has 3 aromatic rings. The van der Waals surface area contributed by atoms with Gasteiger partial charge in [-0.3, -0.25) is 14.5 Å². The molecule has 1 saturated heterocycles. The molecule has 2 heterocycles. The fourth-order valence-corrected chi connectivity index (χ4v) is 5.22. The van der Waals surface area contributed by atoms with Crippen molar-refractivity contribution in [3.63, 3.8) is 0 Å². The molecule has 1 N–H and O–H groups in total. The number of aryl methyl sites for hydroxylation is 2. The lowest BCUT2D eigenvalue weighted by molar-refractivity contribution is -0.132. The normalized spacial score (nSPS) is 16.6. The third-order valence-electron chi connectivity index (χ3n) is 6.20. The number of hydrogen-bond acceptors (Lipinski definition) is 8. The fraction of sp³-hybridized carbons (Fsp3) is 0.310. The Morgan fingerprint density at radius 2 is 1.74 bits per heavy atom.